The molecule has 0 spiro atoms. The van der Waals surface area contributed by atoms with Gasteiger partial charge >= 0.3 is 0 Å². The minimum absolute atomic E-state index is 0.0981. The maximum atomic E-state index is 12.0. The molecule has 0 aliphatic carbocycles. The highest BCUT2D eigenvalue weighted by molar-refractivity contribution is 7.80. The molecule has 0 heterocycles. The van der Waals surface area contributed by atoms with Crippen LogP contribution in [-0.2, 0) is 19.2 Å². The molecule has 0 aliphatic heterocycles. The molecule has 4 amide bonds. The summed E-state index contributed by atoms with van der Waals surface area (Å²) >= 11 is 8.08. The van der Waals surface area contributed by atoms with Gasteiger partial charge < -0.3 is 26.4 Å². The van der Waals surface area contributed by atoms with Crippen LogP contribution in [-0.4, -0.2) is 71.5 Å². The van der Waals surface area contributed by atoms with E-state index < -0.39 is 30.0 Å². The average Bonchev–Trinajstić information content (AvgIpc) is 2.55. The summed E-state index contributed by atoms with van der Waals surface area (Å²) in [6.07, 6.45) is -0.321. The predicted molar refractivity (Wildman–Crippen MR) is 104 cm³/mol. The first-order chi connectivity index (χ1) is 12.2. The zero-order chi connectivity index (χ0) is 20.1. The van der Waals surface area contributed by atoms with Gasteiger partial charge in [0.15, 0.2) is 0 Å². The van der Waals surface area contributed by atoms with Crippen molar-refractivity contribution in [3.8, 4) is 0 Å². The van der Waals surface area contributed by atoms with Gasteiger partial charge in [-0.25, -0.2) is 0 Å². The molecule has 26 heavy (non-hydrogen) atoms. The maximum absolute atomic E-state index is 12.0. The molecule has 0 radical (unpaired) electrons. The van der Waals surface area contributed by atoms with Crippen molar-refractivity contribution < 1.29 is 24.3 Å². The fourth-order valence-corrected chi connectivity index (χ4v) is 2.56. The average molecular weight is 409 g/mol. The summed E-state index contributed by atoms with van der Waals surface area (Å²) in [6, 6.07) is -1.46. The smallest absolute Gasteiger partial charge is 0.242 e. The third kappa shape index (κ3) is 11.2. The van der Waals surface area contributed by atoms with Crippen LogP contribution < -0.4 is 21.3 Å². The minimum atomic E-state index is -1.02. The third-order valence-corrected chi connectivity index (χ3v) is 3.76. The first-order valence-corrected chi connectivity index (χ1v) is 9.47. The summed E-state index contributed by atoms with van der Waals surface area (Å²) in [6.45, 7) is 2.41. The Morgan fingerprint density at radius 1 is 0.808 bits per heavy atom. The Hall–Kier alpha value is -1.46. The number of aliphatic hydroxyl groups is 1. The van der Waals surface area contributed by atoms with E-state index >= 15 is 0 Å². The number of carbonyl (C=O) groups excluding carboxylic acids is 4. The lowest BCUT2D eigenvalue weighted by molar-refractivity contribution is -0.129. The molecule has 0 bridgehead atoms. The van der Waals surface area contributed by atoms with E-state index in [0.717, 1.165) is 0 Å². The molecule has 5 N–H and O–H groups in total. The third-order valence-electron chi connectivity index (χ3n) is 3.25. The highest BCUT2D eigenvalue weighted by Gasteiger charge is 2.21. The van der Waals surface area contributed by atoms with E-state index in [4.69, 9.17) is 0 Å². The summed E-state index contributed by atoms with van der Waals surface area (Å²) in [4.78, 5) is 46.2. The Balaban J connectivity index is 4.36. The van der Waals surface area contributed by atoms with Crippen molar-refractivity contribution >= 4 is 48.9 Å². The molecule has 9 nitrogen and oxygen atoms in total. The van der Waals surface area contributed by atoms with Crippen molar-refractivity contribution in [1.29, 1.82) is 0 Å². The lowest BCUT2D eigenvalue weighted by Gasteiger charge is -2.20. The van der Waals surface area contributed by atoms with Crippen LogP contribution in [0.15, 0.2) is 0 Å². The van der Waals surface area contributed by atoms with Crippen LogP contribution in [0.4, 0.5) is 0 Å². The molecule has 0 aromatic heterocycles. The van der Waals surface area contributed by atoms with Crippen molar-refractivity contribution in [2.75, 3.05) is 24.6 Å². The van der Waals surface area contributed by atoms with Gasteiger partial charge in [0.2, 0.25) is 23.6 Å². The molecule has 0 rings (SSSR count). The number of thiol groups is 2. The van der Waals surface area contributed by atoms with Gasteiger partial charge in [-0.05, 0) is 24.3 Å². The summed E-state index contributed by atoms with van der Waals surface area (Å²) in [5.41, 5.74) is 0. The highest BCUT2D eigenvalue weighted by Crippen LogP contribution is 1.97. The van der Waals surface area contributed by atoms with Gasteiger partial charge in [0.25, 0.3) is 0 Å². The lowest BCUT2D eigenvalue weighted by atomic mass is 10.2. The van der Waals surface area contributed by atoms with Crippen LogP contribution in [0.2, 0.25) is 0 Å². The number of rotatable bonds is 12. The molecule has 11 heteroatoms. The highest BCUT2D eigenvalue weighted by atomic mass is 32.1. The predicted octanol–water partition coefficient (Wildman–Crippen LogP) is -1.77. The Kier molecular flexibility index (Phi) is 12.9. The van der Waals surface area contributed by atoms with Crippen LogP contribution in [0, 0.1) is 0 Å². The number of amides is 4. The van der Waals surface area contributed by atoms with E-state index in [2.05, 4.69) is 46.5 Å². The van der Waals surface area contributed by atoms with Crippen molar-refractivity contribution in [3.63, 3.8) is 0 Å². The summed E-state index contributed by atoms with van der Waals surface area (Å²) in [7, 11) is 0. The van der Waals surface area contributed by atoms with Gasteiger partial charge in [0, 0.05) is 26.9 Å². The van der Waals surface area contributed by atoms with Crippen molar-refractivity contribution in [3.05, 3.63) is 0 Å². The Bertz CT molecular complexity index is 451. The normalized spacial score (nSPS) is 13.9. The van der Waals surface area contributed by atoms with Crippen LogP contribution in [0.1, 0.15) is 26.7 Å². The second-order valence-corrected chi connectivity index (χ2v) is 6.57. The number of nitrogens with one attached hydrogen (secondary N) is 4. The topological polar surface area (TPSA) is 137 Å². The molecule has 0 saturated heterocycles. The number of hydrogen-bond donors (Lipinski definition) is 7. The molecular formula is C15H28N4O5S2. The second-order valence-electron chi connectivity index (χ2n) is 5.67. The molecule has 0 fully saturated rings. The van der Waals surface area contributed by atoms with E-state index in [9.17, 15) is 24.3 Å². The molecule has 0 aromatic carbocycles. The molecule has 0 saturated carbocycles. The number of hydrogen-bond acceptors (Lipinski definition) is 7. The van der Waals surface area contributed by atoms with Crippen LogP contribution in [0.5, 0.6) is 0 Å². The fraction of sp³-hybridized carbons (Fsp3) is 0.733. The van der Waals surface area contributed by atoms with Gasteiger partial charge in [-0.2, -0.15) is 25.3 Å². The van der Waals surface area contributed by atoms with E-state index in [1.54, 1.807) is 0 Å². The standard InChI is InChI=1S/C15H28N4O5S2/c1-9(20)18-12(3-5-25)14(23)16-7-11(22)8-17-15(24)13(4-6-26)19-10(2)21/h11-13,22,25-26H,3-8H2,1-2H3,(H,16,23)(H,17,24)(H,18,20)(H,19,21). The number of aliphatic hydroxyl groups excluding tert-OH is 1. The first kappa shape index (κ1) is 24.5. The van der Waals surface area contributed by atoms with Gasteiger partial charge in [-0.1, -0.05) is 0 Å². The zero-order valence-electron chi connectivity index (χ0n) is 14.9. The van der Waals surface area contributed by atoms with Crippen LogP contribution in [0.25, 0.3) is 0 Å². The summed E-state index contributed by atoms with van der Waals surface area (Å²) in [5, 5.41) is 19.9. The molecule has 0 aliphatic rings. The van der Waals surface area contributed by atoms with Gasteiger partial charge in [-0.15, -0.1) is 0 Å². The first-order valence-electron chi connectivity index (χ1n) is 8.20. The van der Waals surface area contributed by atoms with E-state index in [1.165, 1.54) is 13.8 Å². The minimum Gasteiger partial charge on any atom is -0.389 e. The molecule has 2 unspecified atom stereocenters. The van der Waals surface area contributed by atoms with E-state index in [-0.39, 0.29) is 24.9 Å². The molecule has 0 aromatic rings. The fourth-order valence-electron chi connectivity index (χ4n) is 2.04. The summed E-state index contributed by atoms with van der Waals surface area (Å²) < 4.78 is 0. The molecule has 2 atom stereocenters. The SMILES string of the molecule is CC(=O)NC(CCS)C(=O)NCC(O)CNC(=O)C(CCS)NC(C)=O. The van der Waals surface area contributed by atoms with Gasteiger partial charge in [0.05, 0.1) is 6.10 Å². The van der Waals surface area contributed by atoms with Crippen molar-refractivity contribution in [1.82, 2.24) is 21.3 Å². The van der Waals surface area contributed by atoms with E-state index in [0.29, 0.717) is 24.3 Å². The maximum Gasteiger partial charge on any atom is 0.242 e. The van der Waals surface area contributed by atoms with Crippen molar-refractivity contribution in [2.45, 2.75) is 44.9 Å². The zero-order valence-corrected chi connectivity index (χ0v) is 16.7. The van der Waals surface area contributed by atoms with Crippen LogP contribution in [0.3, 0.4) is 0 Å². The quantitative estimate of drug-likeness (QED) is 0.192. The Morgan fingerprint density at radius 2 is 1.15 bits per heavy atom. The summed E-state index contributed by atoms with van der Waals surface area (Å²) in [5.74, 6) is -0.739. The molecule has 150 valence electrons. The lowest BCUT2D eigenvalue weighted by Crippen LogP contribution is -2.51. The van der Waals surface area contributed by atoms with Gasteiger partial charge in [0.1, 0.15) is 12.1 Å². The second kappa shape index (κ2) is 13.7. The Morgan fingerprint density at radius 3 is 1.42 bits per heavy atom. The largest absolute Gasteiger partial charge is 0.389 e. The monoisotopic (exact) mass is 408 g/mol. The van der Waals surface area contributed by atoms with E-state index in [1.807, 2.05) is 0 Å². The Labute approximate surface area is 164 Å². The number of carbonyl (C=O) groups is 4. The molecular weight excluding hydrogens is 380 g/mol. The van der Waals surface area contributed by atoms with Crippen molar-refractivity contribution in [2.24, 2.45) is 0 Å². The van der Waals surface area contributed by atoms with Crippen LogP contribution >= 0.6 is 25.3 Å². The van der Waals surface area contributed by atoms with Gasteiger partial charge in [-0.3, -0.25) is 19.2 Å².